The van der Waals surface area contributed by atoms with Crippen molar-refractivity contribution < 1.29 is 4.74 Å². The van der Waals surface area contributed by atoms with Crippen LogP contribution in [0.25, 0.3) is 0 Å². The largest absolute Gasteiger partial charge is 0.493 e. The number of hydrogen-bond acceptors (Lipinski definition) is 4. The molecule has 0 unspecified atom stereocenters. The number of hydrogen-bond donors (Lipinski definition) is 1. The number of aromatic nitrogens is 1. The Labute approximate surface area is 125 Å². The number of nitrogens with two attached hydrogens (primary N) is 1. The van der Waals surface area contributed by atoms with Crippen LogP contribution in [0.2, 0.25) is 0 Å². The summed E-state index contributed by atoms with van der Waals surface area (Å²) in [6, 6.07) is 6.06. The van der Waals surface area contributed by atoms with E-state index >= 15 is 0 Å². The van der Waals surface area contributed by atoms with E-state index in [-0.39, 0.29) is 0 Å². The first-order chi connectivity index (χ1) is 9.20. The number of halogens is 1. The second-order valence-corrected chi connectivity index (χ2v) is 6.11. The van der Waals surface area contributed by atoms with Crippen molar-refractivity contribution in [1.82, 2.24) is 4.98 Å². The first-order valence-electron chi connectivity index (χ1n) is 6.21. The van der Waals surface area contributed by atoms with Crippen LogP contribution in [0.4, 0.5) is 0 Å². The van der Waals surface area contributed by atoms with Crippen molar-refractivity contribution in [3.8, 4) is 5.75 Å². The third-order valence-corrected chi connectivity index (χ3v) is 4.36. The molecule has 2 aromatic rings. The molecule has 0 saturated heterocycles. The molecule has 2 rings (SSSR count). The number of rotatable bonds is 6. The highest BCUT2D eigenvalue weighted by atomic mass is 79.9. The lowest BCUT2D eigenvalue weighted by Crippen LogP contribution is -2.07. The molecule has 0 saturated carbocycles. The number of nitrogens with zero attached hydrogens (tertiary/aromatic N) is 1. The molecule has 0 atom stereocenters. The lowest BCUT2D eigenvalue weighted by molar-refractivity contribution is 0.319. The summed E-state index contributed by atoms with van der Waals surface area (Å²) in [5.74, 6) is 0.927. The molecule has 3 nitrogen and oxygen atoms in total. The molecule has 19 heavy (non-hydrogen) atoms. The Hall–Kier alpha value is -0.910. The predicted molar refractivity (Wildman–Crippen MR) is 83.0 cm³/mol. The summed E-state index contributed by atoms with van der Waals surface area (Å²) >= 11 is 5.16. The molecule has 5 heteroatoms. The summed E-state index contributed by atoms with van der Waals surface area (Å²) in [5.41, 5.74) is 9.76. The number of ether oxygens (including phenoxy) is 1. The highest BCUT2D eigenvalue weighted by Gasteiger charge is 2.06. The van der Waals surface area contributed by atoms with Gasteiger partial charge in [-0.3, -0.25) is 0 Å². The number of thiazole rings is 1. The summed E-state index contributed by atoms with van der Waals surface area (Å²) in [4.78, 5) is 5.53. The van der Waals surface area contributed by atoms with E-state index in [0.717, 1.165) is 34.3 Å². The Morgan fingerprint density at radius 3 is 2.89 bits per heavy atom. The van der Waals surface area contributed by atoms with Gasteiger partial charge in [0, 0.05) is 15.8 Å². The van der Waals surface area contributed by atoms with E-state index in [0.29, 0.717) is 13.2 Å². The monoisotopic (exact) mass is 340 g/mol. The molecule has 1 aromatic heterocycles. The van der Waals surface area contributed by atoms with Crippen LogP contribution in [0.3, 0.4) is 0 Å². The van der Waals surface area contributed by atoms with Crippen molar-refractivity contribution in [3.63, 3.8) is 0 Å². The molecular formula is C14H17BrN2OS. The molecule has 0 radical (unpaired) electrons. The molecule has 0 aliphatic heterocycles. The number of benzene rings is 1. The van der Waals surface area contributed by atoms with Crippen LogP contribution in [0.1, 0.15) is 16.1 Å². The van der Waals surface area contributed by atoms with Crippen LogP contribution in [-0.2, 0) is 12.8 Å². The summed E-state index contributed by atoms with van der Waals surface area (Å²) in [7, 11) is 0. The van der Waals surface area contributed by atoms with E-state index in [9.17, 15) is 0 Å². The minimum absolute atomic E-state index is 0.626. The third kappa shape index (κ3) is 4.03. The van der Waals surface area contributed by atoms with E-state index in [4.69, 9.17) is 10.5 Å². The molecule has 0 bridgehead atoms. The second-order valence-electron chi connectivity index (χ2n) is 4.25. The van der Waals surface area contributed by atoms with Gasteiger partial charge in [0.15, 0.2) is 0 Å². The van der Waals surface area contributed by atoms with E-state index in [1.54, 1.807) is 11.3 Å². The van der Waals surface area contributed by atoms with Gasteiger partial charge in [-0.05, 0) is 43.7 Å². The molecule has 0 fully saturated rings. The van der Waals surface area contributed by atoms with E-state index in [1.165, 1.54) is 4.88 Å². The van der Waals surface area contributed by atoms with Crippen LogP contribution in [-0.4, -0.2) is 18.1 Å². The molecule has 0 aliphatic carbocycles. The maximum atomic E-state index is 5.88. The van der Waals surface area contributed by atoms with Crippen LogP contribution < -0.4 is 10.5 Å². The Morgan fingerprint density at radius 1 is 1.37 bits per heavy atom. The zero-order chi connectivity index (χ0) is 13.7. The van der Waals surface area contributed by atoms with E-state index in [1.807, 2.05) is 24.6 Å². The Bertz CT molecular complexity index is 542. The molecule has 0 aliphatic rings. The molecule has 0 amide bonds. The topological polar surface area (TPSA) is 48.1 Å². The fraction of sp³-hybridized carbons (Fsp3) is 0.357. The lowest BCUT2D eigenvalue weighted by atomic mass is 10.1. The third-order valence-electron chi connectivity index (χ3n) is 2.87. The van der Waals surface area contributed by atoms with Gasteiger partial charge in [0.05, 0.1) is 17.8 Å². The second kappa shape index (κ2) is 7.03. The Kier molecular flexibility index (Phi) is 5.36. The molecule has 1 heterocycles. The van der Waals surface area contributed by atoms with Crippen LogP contribution in [0.15, 0.2) is 28.2 Å². The molecular weight excluding hydrogens is 324 g/mol. The van der Waals surface area contributed by atoms with Gasteiger partial charge < -0.3 is 10.5 Å². The summed E-state index contributed by atoms with van der Waals surface area (Å²) in [6.45, 7) is 3.33. The fourth-order valence-electron chi connectivity index (χ4n) is 1.86. The molecule has 102 valence electrons. The number of aryl methyl sites for hydroxylation is 1. The quantitative estimate of drug-likeness (QED) is 0.877. The fourth-order valence-corrected chi connectivity index (χ4v) is 3.03. The normalized spacial score (nSPS) is 10.7. The minimum Gasteiger partial charge on any atom is -0.493 e. The first kappa shape index (κ1) is 14.5. The standard InChI is InChI=1S/C14H17BrN2OS/c1-10-14(19-9-17-10)5-7-18-13-3-2-12(15)8-11(13)4-6-16/h2-3,8-9H,4-7,16H2,1H3. The summed E-state index contributed by atoms with van der Waals surface area (Å²) in [5, 5.41) is 0. The predicted octanol–water partition coefficient (Wildman–Crippen LogP) is 3.34. The van der Waals surface area contributed by atoms with Gasteiger partial charge in [0.1, 0.15) is 5.75 Å². The maximum absolute atomic E-state index is 5.88. The van der Waals surface area contributed by atoms with Gasteiger partial charge in [-0.15, -0.1) is 11.3 Å². The van der Waals surface area contributed by atoms with Gasteiger partial charge in [-0.1, -0.05) is 15.9 Å². The van der Waals surface area contributed by atoms with E-state index in [2.05, 4.69) is 27.0 Å². The van der Waals surface area contributed by atoms with Gasteiger partial charge in [0.2, 0.25) is 0 Å². The lowest BCUT2D eigenvalue weighted by Gasteiger charge is -2.11. The van der Waals surface area contributed by atoms with Gasteiger partial charge >= 0.3 is 0 Å². The molecule has 0 spiro atoms. The van der Waals surface area contributed by atoms with Crippen LogP contribution >= 0.6 is 27.3 Å². The molecule has 1 aromatic carbocycles. The van der Waals surface area contributed by atoms with Crippen LogP contribution in [0.5, 0.6) is 5.75 Å². The van der Waals surface area contributed by atoms with Gasteiger partial charge in [0.25, 0.3) is 0 Å². The maximum Gasteiger partial charge on any atom is 0.122 e. The van der Waals surface area contributed by atoms with Crippen LogP contribution in [0, 0.1) is 6.92 Å². The highest BCUT2D eigenvalue weighted by Crippen LogP contribution is 2.24. The zero-order valence-electron chi connectivity index (χ0n) is 10.9. The summed E-state index contributed by atoms with van der Waals surface area (Å²) < 4.78 is 6.93. The van der Waals surface area contributed by atoms with Crippen molar-refractivity contribution in [2.75, 3.05) is 13.2 Å². The Balaban J connectivity index is 1.97. The van der Waals surface area contributed by atoms with Gasteiger partial charge in [-0.25, -0.2) is 4.98 Å². The van der Waals surface area contributed by atoms with Gasteiger partial charge in [-0.2, -0.15) is 0 Å². The van der Waals surface area contributed by atoms with Crippen molar-refractivity contribution in [1.29, 1.82) is 0 Å². The molecule has 2 N–H and O–H groups in total. The SMILES string of the molecule is Cc1ncsc1CCOc1ccc(Br)cc1CCN. The van der Waals surface area contributed by atoms with Crippen molar-refractivity contribution in [2.24, 2.45) is 5.73 Å². The smallest absolute Gasteiger partial charge is 0.122 e. The average Bonchev–Trinajstić information content (AvgIpc) is 2.78. The summed E-state index contributed by atoms with van der Waals surface area (Å²) in [6.07, 6.45) is 1.73. The van der Waals surface area contributed by atoms with Crippen molar-refractivity contribution in [2.45, 2.75) is 19.8 Å². The highest BCUT2D eigenvalue weighted by molar-refractivity contribution is 9.10. The average molecular weight is 341 g/mol. The van der Waals surface area contributed by atoms with Crippen molar-refractivity contribution >= 4 is 27.3 Å². The van der Waals surface area contributed by atoms with Crippen molar-refractivity contribution in [3.05, 3.63) is 44.3 Å². The van der Waals surface area contributed by atoms with E-state index < -0.39 is 0 Å². The minimum atomic E-state index is 0.626. The first-order valence-corrected chi connectivity index (χ1v) is 7.88. The zero-order valence-corrected chi connectivity index (χ0v) is 13.3. The Morgan fingerprint density at radius 2 is 2.21 bits per heavy atom.